The first-order valence-corrected chi connectivity index (χ1v) is 11.2. The van der Waals surface area contributed by atoms with Crippen LogP contribution in [0.3, 0.4) is 0 Å². The lowest BCUT2D eigenvalue weighted by Gasteiger charge is -2.43. The van der Waals surface area contributed by atoms with E-state index in [1.807, 2.05) is 30.0 Å². The van der Waals surface area contributed by atoms with Crippen LogP contribution in [0.25, 0.3) is 0 Å². The molecule has 2 heterocycles. The van der Waals surface area contributed by atoms with Gasteiger partial charge in [-0.05, 0) is 44.6 Å². The number of likely N-dealkylation sites (tertiary alicyclic amines) is 1. The number of benzene rings is 1. The van der Waals surface area contributed by atoms with Crippen molar-refractivity contribution < 1.29 is 19.1 Å². The summed E-state index contributed by atoms with van der Waals surface area (Å²) in [6.45, 7) is 5.94. The van der Waals surface area contributed by atoms with Gasteiger partial charge in [0.15, 0.2) is 0 Å². The van der Waals surface area contributed by atoms with Gasteiger partial charge < -0.3 is 24.6 Å². The van der Waals surface area contributed by atoms with Gasteiger partial charge in [-0.1, -0.05) is 30.3 Å². The van der Waals surface area contributed by atoms with Gasteiger partial charge in [-0.3, -0.25) is 4.79 Å². The van der Waals surface area contributed by atoms with Gasteiger partial charge in [0.2, 0.25) is 5.91 Å². The standard InChI is InChI=1S/C23H35N3O4/c1-2-29-18-22(27)25-14-9-20(10-15-25)26(21-11-16-30-17-12-21)23(28)24-13-8-19-6-4-3-5-7-19/h3-7,20-21H,2,8-18H2,1H3,(H,24,28). The topological polar surface area (TPSA) is 71.1 Å². The third-order valence-corrected chi connectivity index (χ3v) is 5.99. The molecule has 2 fully saturated rings. The quantitative estimate of drug-likeness (QED) is 0.705. The predicted octanol–water partition coefficient (Wildman–Crippen LogP) is 2.45. The minimum absolute atomic E-state index is 0.0110. The van der Waals surface area contributed by atoms with Crippen molar-refractivity contribution in [2.24, 2.45) is 0 Å². The highest BCUT2D eigenvalue weighted by Gasteiger charge is 2.34. The van der Waals surface area contributed by atoms with Crippen LogP contribution in [-0.4, -0.2) is 79.9 Å². The first-order chi connectivity index (χ1) is 14.7. The predicted molar refractivity (Wildman–Crippen MR) is 115 cm³/mol. The van der Waals surface area contributed by atoms with E-state index in [4.69, 9.17) is 9.47 Å². The molecular formula is C23H35N3O4. The minimum atomic E-state index is 0.0110. The van der Waals surface area contributed by atoms with E-state index < -0.39 is 0 Å². The van der Waals surface area contributed by atoms with Crippen molar-refractivity contribution in [2.45, 2.75) is 51.1 Å². The third-order valence-electron chi connectivity index (χ3n) is 5.99. The van der Waals surface area contributed by atoms with Crippen LogP contribution in [0.15, 0.2) is 30.3 Å². The molecule has 7 nitrogen and oxygen atoms in total. The molecule has 1 N–H and O–H groups in total. The SMILES string of the molecule is CCOCC(=O)N1CCC(N(C(=O)NCCc2ccccc2)C2CCOCC2)CC1. The van der Waals surface area contributed by atoms with Crippen LogP contribution in [0, 0.1) is 0 Å². The van der Waals surface area contributed by atoms with Gasteiger partial charge >= 0.3 is 6.03 Å². The van der Waals surface area contributed by atoms with Gasteiger partial charge in [0.05, 0.1) is 0 Å². The third kappa shape index (κ3) is 6.44. The van der Waals surface area contributed by atoms with E-state index in [1.54, 1.807) is 0 Å². The zero-order valence-corrected chi connectivity index (χ0v) is 18.1. The Hall–Kier alpha value is -2.12. The summed E-state index contributed by atoms with van der Waals surface area (Å²) in [5.41, 5.74) is 1.22. The maximum atomic E-state index is 13.2. The van der Waals surface area contributed by atoms with Crippen molar-refractivity contribution in [1.29, 1.82) is 0 Å². The van der Waals surface area contributed by atoms with Gasteiger partial charge in [0.25, 0.3) is 0 Å². The van der Waals surface area contributed by atoms with Crippen LogP contribution in [0.4, 0.5) is 4.79 Å². The summed E-state index contributed by atoms with van der Waals surface area (Å²) in [5, 5.41) is 3.13. The number of urea groups is 1. The molecule has 3 amide bonds. The zero-order valence-electron chi connectivity index (χ0n) is 18.1. The highest BCUT2D eigenvalue weighted by molar-refractivity contribution is 5.78. The number of hydrogen-bond acceptors (Lipinski definition) is 4. The molecule has 166 valence electrons. The van der Waals surface area contributed by atoms with E-state index in [0.717, 1.165) is 32.1 Å². The summed E-state index contributed by atoms with van der Waals surface area (Å²) >= 11 is 0. The fraction of sp³-hybridized carbons (Fsp3) is 0.652. The minimum Gasteiger partial charge on any atom is -0.381 e. The number of hydrogen-bond donors (Lipinski definition) is 1. The Balaban J connectivity index is 1.55. The molecule has 30 heavy (non-hydrogen) atoms. The summed E-state index contributed by atoms with van der Waals surface area (Å²) in [7, 11) is 0. The van der Waals surface area contributed by atoms with Crippen molar-refractivity contribution in [3.8, 4) is 0 Å². The highest BCUT2D eigenvalue weighted by Crippen LogP contribution is 2.24. The first kappa shape index (κ1) is 22.6. The van der Waals surface area contributed by atoms with Gasteiger partial charge in [0.1, 0.15) is 6.61 Å². The summed E-state index contributed by atoms with van der Waals surface area (Å²) in [4.78, 5) is 29.3. The molecule has 7 heteroatoms. The van der Waals surface area contributed by atoms with Gasteiger partial charge in [0, 0.05) is 51.5 Å². The average Bonchev–Trinajstić information content (AvgIpc) is 2.79. The van der Waals surface area contributed by atoms with Gasteiger partial charge in [-0.15, -0.1) is 0 Å². The Morgan fingerprint density at radius 3 is 2.43 bits per heavy atom. The monoisotopic (exact) mass is 417 g/mol. The van der Waals surface area contributed by atoms with E-state index >= 15 is 0 Å². The van der Waals surface area contributed by atoms with Crippen molar-refractivity contribution in [2.75, 3.05) is 46.1 Å². The van der Waals surface area contributed by atoms with E-state index in [1.165, 1.54) is 5.56 Å². The molecule has 2 aliphatic rings. The lowest BCUT2D eigenvalue weighted by atomic mass is 9.98. The Morgan fingerprint density at radius 1 is 1.10 bits per heavy atom. The molecule has 0 saturated carbocycles. The van der Waals surface area contributed by atoms with Gasteiger partial charge in [-0.2, -0.15) is 0 Å². The molecule has 0 aromatic heterocycles. The Bertz CT molecular complexity index is 656. The molecule has 2 aliphatic heterocycles. The first-order valence-electron chi connectivity index (χ1n) is 11.2. The molecule has 1 aromatic rings. The molecule has 1 aromatic carbocycles. The lowest BCUT2D eigenvalue weighted by Crippen LogP contribution is -2.56. The fourth-order valence-corrected chi connectivity index (χ4v) is 4.32. The number of nitrogens with one attached hydrogen (secondary N) is 1. The summed E-state index contributed by atoms with van der Waals surface area (Å²) in [5.74, 6) is 0.0419. The Kier molecular flexibility index (Phi) is 8.96. The number of carbonyl (C=O) groups is 2. The van der Waals surface area contributed by atoms with Crippen molar-refractivity contribution in [1.82, 2.24) is 15.1 Å². The lowest BCUT2D eigenvalue weighted by molar-refractivity contribution is -0.137. The molecule has 0 spiro atoms. The number of nitrogens with zero attached hydrogens (tertiary/aromatic N) is 2. The Labute approximate surface area is 179 Å². The molecule has 0 atom stereocenters. The van der Waals surface area contributed by atoms with Crippen molar-refractivity contribution >= 4 is 11.9 Å². The fourth-order valence-electron chi connectivity index (χ4n) is 4.32. The maximum absolute atomic E-state index is 13.2. The van der Waals surface area contributed by atoms with Crippen LogP contribution in [0.1, 0.15) is 38.2 Å². The van der Waals surface area contributed by atoms with Crippen LogP contribution in [0.2, 0.25) is 0 Å². The molecular weight excluding hydrogens is 382 g/mol. The average molecular weight is 418 g/mol. The Morgan fingerprint density at radius 2 is 1.77 bits per heavy atom. The van der Waals surface area contributed by atoms with E-state index in [2.05, 4.69) is 22.3 Å². The van der Waals surface area contributed by atoms with Crippen LogP contribution < -0.4 is 5.32 Å². The van der Waals surface area contributed by atoms with E-state index in [0.29, 0.717) is 39.5 Å². The summed E-state index contributed by atoms with van der Waals surface area (Å²) in [6, 6.07) is 10.6. The molecule has 0 unspecified atom stereocenters. The number of carbonyl (C=O) groups excluding carboxylic acids is 2. The number of amides is 3. The van der Waals surface area contributed by atoms with E-state index in [9.17, 15) is 9.59 Å². The largest absolute Gasteiger partial charge is 0.381 e. The molecule has 2 saturated heterocycles. The van der Waals surface area contributed by atoms with Crippen LogP contribution >= 0.6 is 0 Å². The number of ether oxygens (including phenoxy) is 2. The second kappa shape index (κ2) is 11.9. The van der Waals surface area contributed by atoms with Gasteiger partial charge in [-0.25, -0.2) is 4.79 Å². The normalized spacial score (nSPS) is 18.2. The smallest absolute Gasteiger partial charge is 0.317 e. The van der Waals surface area contributed by atoms with Crippen molar-refractivity contribution in [3.05, 3.63) is 35.9 Å². The molecule has 0 bridgehead atoms. The highest BCUT2D eigenvalue weighted by atomic mass is 16.5. The second-order valence-electron chi connectivity index (χ2n) is 7.97. The summed E-state index contributed by atoms with van der Waals surface area (Å²) in [6.07, 6.45) is 4.17. The second-order valence-corrected chi connectivity index (χ2v) is 7.97. The van der Waals surface area contributed by atoms with Crippen LogP contribution in [0.5, 0.6) is 0 Å². The maximum Gasteiger partial charge on any atom is 0.317 e. The summed E-state index contributed by atoms with van der Waals surface area (Å²) < 4.78 is 10.8. The molecule has 0 aliphatic carbocycles. The molecule has 0 radical (unpaired) electrons. The zero-order chi connectivity index (χ0) is 21.2. The van der Waals surface area contributed by atoms with Crippen molar-refractivity contribution in [3.63, 3.8) is 0 Å². The number of piperidine rings is 1. The van der Waals surface area contributed by atoms with Crippen LogP contribution in [-0.2, 0) is 20.7 Å². The van der Waals surface area contributed by atoms with E-state index in [-0.39, 0.29) is 30.6 Å². The molecule has 3 rings (SSSR count). The number of rotatable bonds is 8.